The van der Waals surface area contributed by atoms with Crippen LogP contribution in [0.15, 0.2) is 39.0 Å². The van der Waals surface area contributed by atoms with Crippen molar-refractivity contribution in [3.8, 4) is 11.4 Å². The molecule has 0 spiro atoms. The van der Waals surface area contributed by atoms with Gasteiger partial charge in [-0.05, 0) is 30.7 Å². The van der Waals surface area contributed by atoms with Gasteiger partial charge in [0.15, 0.2) is 0 Å². The SMILES string of the molecule is C/N=N\C(=C\CCOC)c1nc(-c2cc(F)ccc2F)no1. The van der Waals surface area contributed by atoms with Crippen molar-refractivity contribution in [2.24, 2.45) is 10.2 Å². The Labute approximate surface area is 125 Å². The van der Waals surface area contributed by atoms with E-state index in [0.717, 1.165) is 18.2 Å². The van der Waals surface area contributed by atoms with E-state index >= 15 is 0 Å². The van der Waals surface area contributed by atoms with Crippen molar-refractivity contribution < 1.29 is 18.0 Å². The lowest BCUT2D eigenvalue weighted by molar-refractivity contribution is 0.204. The molecule has 2 aromatic rings. The van der Waals surface area contributed by atoms with Gasteiger partial charge in [0.25, 0.3) is 5.89 Å². The van der Waals surface area contributed by atoms with Gasteiger partial charge in [0.2, 0.25) is 5.82 Å². The number of halogens is 2. The van der Waals surface area contributed by atoms with Crippen molar-refractivity contribution in [3.05, 3.63) is 41.8 Å². The standard InChI is InChI=1S/C14H14F2N4O2/c1-17-19-12(4-3-7-21-2)14-18-13(20-22-14)10-8-9(15)5-6-11(10)16/h4-6,8H,3,7H2,1-2H3/b12-4+,19-17-. The molecule has 0 radical (unpaired) electrons. The average Bonchev–Trinajstić information content (AvgIpc) is 2.98. The second-order valence-corrected chi connectivity index (χ2v) is 4.22. The molecule has 0 unspecified atom stereocenters. The zero-order valence-corrected chi connectivity index (χ0v) is 12.1. The van der Waals surface area contributed by atoms with Crippen LogP contribution < -0.4 is 0 Å². The maximum atomic E-state index is 13.7. The molecule has 1 aromatic carbocycles. The Hall–Kier alpha value is -2.48. The minimum Gasteiger partial charge on any atom is -0.384 e. The number of methoxy groups -OCH3 is 1. The Kier molecular flexibility index (Phi) is 5.42. The first kappa shape index (κ1) is 15.9. The summed E-state index contributed by atoms with van der Waals surface area (Å²) in [5.41, 5.74) is 0.259. The van der Waals surface area contributed by atoms with Gasteiger partial charge in [-0.15, -0.1) is 0 Å². The van der Waals surface area contributed by atoms with Gasteiger partial charge < -0.3 is 9.26 Å². The quantitative estimate of drug-likeness (QED) is 0.605. The van der Waals surface area contributed by atoms with E-state index in [0.29, 0.717) is 18.7 Å². The van der Waals surface area contributed by atoms with E-state index in [2.05, 4.69) is 20.4 Å². The fourth-order valence-electron chi connectivity index (χ4n) is 1.70. The normalized spacial score (nSPS) is 12.3. The molecule has 6 nitrogen and oxygen atoms in total. The van der Waals surface area contributed by atoms with E-state index in [4.69, 9.17) is 9.26 Å². The summed E-state index contributed by atoms with van der Waals surface area (Å²) in [6.45, 7) is 0.488. The van der Waals surface area contributed by atoms with Crippen LogP contribution in [0.2, 0.25) is 0 Å². The van der Waals surface area contributed by atoms with Crippen molar-refractivity contribution in [2.45, 2.75) is 6.42 Å². The average molecular weight is 308 g/mol. The lowest BCUT2D eigenvalue weighted by atomic mass is 10.2. The van der Waals surface area contributed by atoms with Crippen LogP contribution in [0.1, 0.15) is 12.3 Å². The van der Waals surface area contributed by atoms with Crippen LogP contribution in [-0.2, 0) is 4.74 Å². The fraction of sp³-hybridized carbons (Fsp3) is 0.286. The third kappa shape index (κ3) is 3.79. The van der Waals surface area contributed by atoms with Crippen LogP contribution in [0.5, 0.6) is 0 Å². The van der Waals surface area contributed by atoms with E-state index in [9.17, 15) is 8.78 Å². The molecule has 2 rings (SSSR count). The summed E-state index contributed by atoms with van der Waals surface area (Å²) in [7, 11) is 3.07. The van der Waals surface area contributed by atoms with Crippen molar-refractivity contribution in [3.63, 3.8) is 0 Å². The summed E-state index contributed by atoms with van der Waals surface area (Å²) in [5, 5.41) is 11.2. The zero-order chi connectivity index (χ0) is 15.9. The molecule has 0 saturated heterocycles. The number of benzene rings is 1. The zero-order valence-electron chi connectivity index (χ0n) is 12.1. The fourth-order valence-corrected chi connectivity index (χ4v) is 1.70. The highest BCUT2D eigenvalue weighted by atomic mass is 19.1. The number of hydrogen-bond acceptors (Lipinski definition) is 6. The topological polar surface area (TPSA) is 72.9 Å². The highest BCUT2D eigenvalue weighted by molar-refractivity contribution is 5.61. The van der Waals surface area contributed by atoms with Gasteiger partial charge in [-0.3, -0.25) is 0 Å². The van der Waals surface area contributed by atoms with Gasteiger partial charge in [-0.1, -0.05) is 5.16 Å². The van der Waals surface area contributed by atoms with Gasteiger partial charge in [-0.2, -0.15) is 15.2 Å². The third-order valence-corrected chi connectivity index (χ3v) is 2.68. The first-order valence-corrected chi connectivity index (χ1v) is 6.44. The summed E-state index contributed by atoms with van der Waals surface area (Å²) >= 11 is 0. The highest BCUT2D eigenvalue weighted by Gasteiger charge is 2.16. The molecule has 0 aliphatic carbocycles. The summed E-state index contributed by atoms with van der Waals surface area (Å²) < 4.78 is 36.9. The van der Waals surface area contributed by atoms with Crippen LogP contribution in [0, 0.1) is 11.6 Å². The number of rotatable bonds is 6. The molecular formula is C14H14F2N4O2. The molecule has 0 atom stereocenters. The number of aromatic nitrogens is 2. The molecule has 0 aliphatic rings. The molecule has 0 amide bonds. The van der Waals surface area contributed by atoms with E-state index in [-0.39, 0.29) is 17.3 Å². The van der Waals surface area contributed by atoms with Crippen LogP contribution in [-0.4, -0.2) is 30.9 Å². The lowest BCUT2D eigenvalue weighted by Gasteiger charge is -1.97. The predicted molar refractivity (Wildman–Crippen MR) is 74.9 cm³/mol. The molecule has 0 fully saturated rings. The Morgan fingerprint density at radius 1 is 1.41 bits per heavy atom. The molecule has 0 N–H and O–H groups in total. The number of nitrogens with zero attached hydrogens (tertiary/aromatic N) is 4. The molecule has 0 saturated carbocycles. The van der Waals surface area contributed by atoms with Gasteiger partial charge in [0.1, 0.15) is 17.3 Å². The first-order chi connectivity index (χ1) is 10.7. The Balaban J connectivity index is 2.32. The summed E-state index contributed by atoms with van der Waals surface area (Å²) in [6, 6.07) is 3.02. The predicted octanol–water partition coefficient (Wildman–Crippen LogP) is 3.47. The molecular weight excluding hydrogens is 294 g/mol. The van der Waals surface area contributed by atoms with Crippen molar-refractivity contribution in [2.75, 3.05) is 20.8 Å². The molecule has 0 bridgehead atoms. The smallest absolute Gasteiger partial charge is 0.278 e. The largest absolute Gasteiger partial charge is 0.384 e. The maximum absolute atomic E-state index is 13.7. The minimum absolute atomic E-state index is 0.0593. The van der Waals surface area contributed by atoms with Gasteiger partial charge in [0, 0.05) is 20.8 Å². The Morgan fingerprint density at radius 2 is 2.23 bits per heavy atom. The molecule has 0 aliphatic heterocycles. The van der Waals surface area contributed by atoms with E-state index in [1.807, 2.05) is 0 Å². The molecule has 22 heavy (non-hydrogen) atoms. The summed E-state index contributed by atoms with van der Waals surface area (Å²) in [4.78, 5) is 4.03. The second kappa shape index (κ2) is 7.51. The Morgan fingerprint density at radius 3 is 2.95 bits per heavy atom. The minimum atomic E-state index is -0.643. The number of azo groups is 1. The van der Waals surface area contributed by atoms with Crippen molar-refractivity contribution in [1.82, 2.24) is 10.1 Å². The van der Waals surface area contributed by atoms with Crippen molar-refractivity contribution in [1.29, 1.82) is 0 Å². The summed E-state index contributed by atoms with van der Waals surface area (Å²) in [5.74, 6) is -1.22. The second-order valence-electron chi connectivity index (χ2n) is 4.22. The number of ether oxygens (including phenoxy) is 1. The van der Waals surface area contributed by atoms with Gasteiger partial charge in [-0.25, -0.2) is 8.78 Å². The molecule has 1 aromatic heterocycles. The third-order valence-electron chi connectivity index (χ3n) is 2.68. The van der Waals surface area contributed by atoms with Crippen molar-refractivity contribution >= 4 is 5.70 Å². The lowest BCUT2D eigenvalue weighted by Crippen LogP contribution is -1.90. The van der Waals surface area contributed by atoms with E-state index in [1.165, 1.54) is 7.05 Å². The van der Waals surface area contributed by atoms with Crippen LogP contribution in [0.3, 0.4) is 0 Å². The molecule has 8 heteroatoms. The first-order valence-electron chi connectivity index (χ1n) is 6.44. The van der Waals surface area contributed by atoms with Gasteiger partial charge >= 0.3 is 0 Å². The maximum Gasteiger partial charge on any atom is 0.278 e. The Bertz CT molecular complexity index is 698. The molecule has 1 heterocycles. The number of hydrogen-bond donors (Lipinski definition) is 0. The van der Waals surface area contributed by atoms with E-state index < -0.39 is 11.6 Å². The summed E-state index contributed by atoms with van der Waals surface area (Å²) in [6.07, 6.45) is 2.27. The molecule has 116 valence electrons. The van der Waals surface area contributed by atoms with Crippen LogP contribution in [0.4, 0.5) is 8.78 Å². The monoisotopic (exact) mass is 308 g/mol. The van der Waals surface area contributed by atoms with E-state index in [1.54, 1.807) is 13.2 Å². The highest BCUT2D eigenvalue weighted by Crippen LogP contribution is 2.23. The van der Waals surface area contributed by atoms with Gasteiger partial charge in [0.05, 0.1) is 5.56 Å². The van der Waals surface area contributed by atoms with Crippen LogP contribution in [0.25, 0.3) is 17.1 Å². The van der Waals surface area contributed by atoms with Crippen LogP contribution >= 0.6 is 0 Å².